The third-order valence-electron chi connectivity index (χ3n) is 4.40. The molecule has 0 spiro atoms. The number of ether oxygens (including phenoxy) is 1. The van der Waals surface area contributed by atoms with Crippen LogP contribution in [0.5, 0.6) is 5.75 Å². The minimum atomic E-state index is -0.296. The maximum Gasteiger partial charge on any atom is 0.167 e. The molecule has 1 aliphatic rings. The van der Waals surface area contributed by atoms with Gasteiger partial charge in [0.25, 0.3) is 0 Å². The SMILES string of the molecule is CCC1CNC(C(C)(C)C)CN1c1ccc(OC)c(F)c1. The molecule has 0 amide bonds. The predicted octanol–water partition coefficient (Wildman–Crippen LogP) is 3.44. The monoisotopic (exact) mass is 294 g/mol. The van der Waals surface area contributed by atoms with E-state index in [0.29, 0.717) is 17.8 Å². The number of benzene rings is 1. The molecule has 1 aliphatic heterocycles. The second kappa shape index (κ2) is 6.22. The maximum absolute atomic E-state index is 14.0. The van der Waals surface area contributed by atoms with Crippen LogP contribution in [0, 0.1) is 11.2 Å². The molecule has 118 valence electrons. The van der Waals surface area contributed by atoms with Crippen molar-refractivity contribution in [2.75, 3.05) is 25.1 Å². The van der Waals surface area contributed by atoms with Crippen LogP contribution in [-0.2, 0) is 0 Å². The molecule has 0 aromatic heterocycles. The molecule has 0 aliphatic carbocycles. The molecular formula is C17H27FN2O. The third kappa shape index (κ3) is 3.49. The molecule has 1 saturated heterocycles. The number of halogens is 1. The summed E-state index contributed by atoms with van der Waals surface area (Å²) >= 11 is 0. The molecule has 0 bridgehead atoms. The van der Waals surface area contributed by atoms with Crippen molar-refractivity contribution < 1.29 is 9.13 Å². The van der Waals surface area contributed by atoms with Crippen LogP contribution in [-0.4, -0.2) is 32.3 Å². The number of hydrogen-bond acceptors (Lipinski definition) is 3. The number of rotatable bonds is 3. The van der Waals surface area contributed by atoms with Crippen LogP contribution < -0.4 is 15.0 Å². The highest BCUT2D eigenvalue weighted by atomic mass is 19.1. The summed E-state index contributed by atoms with van der Waals surface area (Å²) in [6.07, 6.45) is 1.04. The van der Waals surface area contributed by atoms with Crippen molar-refractivity contribution in [2.45, 2.75) is 46.2 Å². The standard InChI is InChI=1S/C17H27FN2O/c1-6-12-10-19-16(17(2,3)4)11-20(12)13-7-8-15(21-5)14(18)9-13/h7-9,12,16,19H,6,10-11H2,1-5H3. The second-order valence-corrected chi connectivity index (χ2v) is 6.86. The average Bonchev–Trinajstić information content (AvgIpc) is 2.45. The first-order valence-corrected chi connectivity index (χ1v) is 7.70. The Morgan fingerprint density at radius 3 is 2.62 bits per heavy atom. The number of nitrogens with one attached hydrogen (secondary N) is 1. The van der Waals surface area contributed by atoms with Crippen molar-refractivity contribution >= 4 is 5.69 Å². The summed E-state index contributed by atoms with van der Waals surface area (Å²) in [5, 5.41) is 3.64. The van der Waals surface area contributed by atoms with Gasteiger partial charge in [-0.3, -0.25) is 0 Å². The fraction of sp³-hybridized carbons (Fsp3) is 0.647. The number of nitrogens with zero attached hydrogens (tertiary/aromatic N) is 1. The Hall–Kier alpha value is -1.29. The van der Waals surface area contributed by atoms with E-state index < -0.39 is 0 Å². The average molecular weight is 294 g/mol. The Morgan fingerprint density at radius 2 is 2.10 bits per heavy atom. The summed E-state index contributed by atoms with van der Waals surface area (Å²) in [6, 6.07) is 6.05. The summed E-state index contributed by atoms with van der Waals surface area (Å²) in [5.74, 6) is 0.00463. The molecule has 1 fully saturated rings. The summed E-state index contributed by atoms with van der Waals surface area (Å²) < 4.78 is 19.0. The lowest BCUT2D eigenvalue weighted by Gasteiger charge is -2.46. The molecule has 1 aromatic carbocycles. The highest BCUT2D eigenvalue weighted by molar-refractivity contribution is 5.51. The van der Waals surface area contributed by atoms with Crippen LogP contribution >= 0.6 is 0 Å². The lowest BCUT2D eigenvalue weighted by atomic mass is 9.84. The lowest BCUT2D eigenvalue weighted by Crippen LogP contribution is -2.60. The van der Waals surface area contributed by atoms with E-state index in [4.69, 9.17) is 4.74 Å². The van der Waals surface area contributed by atoms with Crippen LogP contribution in [0.25, 0.3) is 0 Å². The maximum atomic E-state index is 14.0. The van der Waals surface area contributed by atoms with Crippen molar-refractivity contribution in [2.24, 2.45) is 5.41 Å². The van der Waals surface area contributed by atoms with Gasteiger partial charge in [0.05, 0.1) is 7.11 Å². The van der Waals surface area contributed by atoms with Gasteiger partial charge in [-0.1, -0.05) is 27.7 Å². The van der Waals surface area contributed by atoms with Crippen LogP contribution in [0.1, 0.15) is 34.1 Å². The fourth-order valence-electron chi connectivity index (χ4n) is 2.89. The van der Waals surface area contributed by atoms with E-state index in [9.17, 15) is 4.39 Å². The van der Waals surface area contributed by atoms with E-state index in [2.05, 4.69) is 37.9 Å². The summed E-state index contributed by atoms with van der Waals surface area (Å²) in [4.78, 5) is 2.33. The highest BCUT2D eigenvalue weighted by Gasteiger charge is 2.33. The molecule has 3 nitrogen and oxygen atoms in total. The molecule has 0 radical (unpaired) electrons. The Morgan fingerprint density at radius 1 is 1.38 bits per heavy atom. The fourth-order valence-corrected chi connectivity index (χ4v) is 2.89. The largest absolute Gasteiger partial charge is 0.494 e. The Labute approximate surface area is 127 Å². The molecule has 4 heteroatoms. The van der Waals surface area contributed by atoms with Crippen molar-refractivity contribution in [1.29, 1.82) is 0 Å². The number of piperazine rings is 1. The molecule has 1 aromatic rings. The first-order valence-electron chi connectivity index (χ1n) is 7.70. The molecule has 1 heterocycles. The molecule has 2 unspecified atom stereocenters. The number of hydrogen-bond donors (Lipinski definition) is 1. The first kappa shape index (κ1) is 16.1. The van der Waals surface area contributed by atoms with Crippen LogP contribution in [0.2, 0.25) is 0 Å². The molecular weight excluding hydrogens is 267 g/mol. The van der Waals surface area contributed by atoms with E-state index >= 15 is 0 Å². The van der Waals surface area contributed by atoms with Gasteiger partial charge in [0.15, 0.2) is 11.6 Å². The van der Waals surface area contributed by atoms with Crippen molar-refractivity contribution in [3.63, 3.8) is 0 Å². The van der Waals surface area contributed by atoms with Gasteiger partial charge in [-0.15, -0.1) is 0 Å². The van der Waals surface area contributed by atoms with Crippen LogP contribution in [0.4, 0.5) is 10.1 Å². The highest BCUT2D eigenvalue weighted by Crippen LogP contribution is 2.30. The smallest absolute Gasteiger partial charge is 0.167 e. The molecule has 0 saturated carbocycles. The normalized spacial score (nSPS) is 23.2. The Balaban J connectivity index is 2.27. The van der Waals surface area contributed by atoms with Gasteiger partial charge in [0.2, 0.25) is 0 Å². The minimum absolute atomic E-state index is 0.183. The summed E-state index contributed by atoms with van der Waals surface area (Å²) in [5.41, 5.74) is 1.12. The lowest BCUT2D eigenvalue weighted by molar-refractivity contribution is 0.233. The minimum Gasteiger partial charge on any atom is -0.494 e. The van der Waals surface area contributed by atoms with Gasteiger partial charge in [-0.2, -0.15) is 0 Å². The molecule has 21 heavy (non-hydrogen) atoms. The van der Waals surface area contributed by atoms with Crippen molar-refractivity contribution in [3.05, 3.63) is 24.0 Å². The van der Waals surface area contributed by atoms with Gasteiger partial charge in [-0.25, -0.2) is 4.39 Å². The number of anilines is 1. The first-order chi connectivity index (χ1) is 9.86. The molecule has 2 rings (SSSR count). The van der Waals surface area contributed by atoms with Crippen LogP contribution in [0.3, 0.4) is 0 Å². The Kier molecular flexibility index (Phi) is 4.77. The van der Waals surface area contributed by atoms with E-state index in [1.807, 2.05) is 6.07 Å². The van der Waals surface area contributed by atoms with Gasteiger partial charge in [-0.05, 0) is 24.0 Å². The zero-order valence-corrected chi connectivity index (χ0v) is 13.7. The zero-order chi connectivity index (χ0) is 15.6. The van der Waals surface area contributed by atoms with Gasteiger partial charge in [0, 0.05) is 36.9 Å². The summed E-state index contributed by atoms with van der Waals surface area (Å²) in [6.45, 7) is 10.7. The second-order valence-electron chi connectivity index (χ2n) is 6.86. The molecule has 1 N–H and O–H groups in total. The summed E-state index contributed by atoms with van der Waals surface area (Å²) in [7, 11) is 1.49. The van der Waals surface area contributed by atoms with E-state index in [1.54, 1.807) is 12.1 Å². The van der Waals surface area contributed by atoms with Gasteiger partial charge in [0.1, 0.15) is 0 Å². The van der Waals surface area contributed by atoms with E-state index in [0.717, 1.165) is 25.2 Å². The van der Waals surface area contributed by atoms with Gasteiger partial charge >= 0.3 is 0 Å². The van der Waals surface area contributed by atoms with Gasteiger partial charge < -0.3 is 15.0 Å². The Bertz CT molecular complexity index is 484. The third-order valence-corrected chi connectivity index (χ3v) is 4.40. The van der Waals surface area contributed by atoms with E-state index in [1.165, 1.54) is 7.11 Å². The quantitative estimate of drug-likeness (QED) is 0.924. The number of methoxy groups -OCH3 is 1. The zero-order valence-electron chi connectivity index (χ0n) is 13.7. The van der Waals surface area contributed by atoms with Crippen molar-refractivity contribution in [1.82, 2.24) is 5.32 Å². The topological polar surface area (TPSA) is 24.5 Å². The van der Waals surface area contributed by atoms with Crippen molar-refractivity contribution in [3.8, 4) is 5.75 Å². The molecule has 2 atom stereocenters. The van der Waals surface area contributed by atoms with E-state index in [-0.39, 0.29) is 11.2 Å². The predicted molar refractivity (Wildman–Crippen MR) is 85.6 cm³/mol. The van der Waals surface area contributed by atoms with Crippen LogP contribution in [0.15, 0.2) is 18.2 Å².